The van der Waals surface area contributed by atoms with Crippen LogP contribution in [0.2, 0.25) is 15.1 Å². The van der Waals surface area contributed by atoms with Crippen LogP contribution in [-0.4, -0.2) is 20.0 Å². The Kier molecular flexibility index (Phi) is 7.79. The van der Waals surface area contributed by atoms with Gasteiger partial charge in [0.1, 0.15) is 6.07 Å². The number of rotatable bonds is 7. The molecule has 0 bridgehead atoms. The molecular formula is C21H14Cl3N5O3S. The van der Waals surface area contributed by atoms with Crippen molar-refractivity contribution >= 4 is 73.5 Å². The standard InChI is InChI=1S/C21H14Cl3N5O3S/c22-15-4-1-2-6-17(15)29-33(31,32)14-10-8-13(9-11-14)27-28-19(12-25)21(30)26-18-7-3-5-16(23)20(18)24/h1-11,27,29H,(H,26,30)/b28-19-. The lowest BCUT2D eigenvalue weighted by Gasteiger charge is -2.10. The number of sulfonamides is 1. The molecule has 3 N–H and O–H groups in total. The fourth-order valence-corrected chi connectivity index (χ4v) is 4.15. The number of carbonyl (C=O) groups excluding carboxylic acids is 1. The molecule has 0 radical (unpaired) electrons. The number of hydrogen-bond acceptors (Lipinski definition) is 6. The van der Waals surface area contributed by atoms with Crippen LogP contribution in [0.25, 0.3) is 0 Å². The fourth-order valence-electron chi connectivity index (χ4n) is 2.49. The lowest BCUT2D eigenvalue weighted by molar-refractivity contribution is -0.110. The van der Waals surface area contributed by atoms with Crippen molar-refractivity contribution < 1.29 is 13.2 Å². The highest BCUT2D eigenvalue weighted by Gasteiger charge is 2.16. The molecule has 168 valence electrons. The molecule has 12 heteroatoms. The normalized spacial score (nSPS) is 11.4. The van der Waals surface area contributed by atoms with Gasteiger partial charge < -0.3 is 5.32 Å². The highest BCUT2D eigenvalue weighted by Crippen LogP contribution is 2.29. The number of hydrogen-bond donors (Lipinski definition) is 3. The van der Waals surface area contributed by atoms with Gasteiger partial charge >= 0.3 is 0 Å². The molecule has 0 saturated heterocycles. The lowest BCUT2D eigenvalue weighted by Crippen LogP contribution is -2.22. The monoisotopic (exact) mass is 521 g/mol. The Balaban J connectivity index is 1.70. The third kappa shape index (κ3) is 6.15. The third-order valence-electron chi connectivity index (χ3n) is 4.10. The van der Waals surface area contributed by atoms with Gasteiger partial charge in [-0.15, -0.1) is 0 Å². The van der Waals surface area contributed by atoms with Crippen molar-refractivity contribution in [1.82, 2.24) is 0 Å². The minimum atomic E-state index is -3.88. The van der Waals surface area contributed by atoms with Crippen LogP contribution >= 0.6 is 34.8 Å². The van der Waals surface area contributed by atoms with Gasteiger partial charge in [0, 0.05) is 0 Å². The van der Waals surface area contributed by atoms with E-state index in [-0.39, 0.29) is 31.3 Å². The van der Waals surface area contributed by atoms with Crippen LogP contribution in [0.15, 0.2) is 76.7 Å². The smallest absolute Gasteiger partial charge is 0.287 e. The minimum absolute atomic E-state index is 0.0224. The number of hydrazone groups is 1. The van der Waals surface area contributed by atoms with E-state index in [1.807, 2.05) is 0 Å². The summed E-state index contributed by atoms with van der Waals surface area (Å²) in [4.78, 5) is 12.3. The Morgan fingerprint density at radius 3 is 2.18 bits per heavy atom. The zero-order valence-corrected chi connectivity index (χ0v) is 19.6. The molecule has 3 rings (SSSR count). The van der Waals surface area contributed by atoms with Gasteiger partial charge in [0.15, 0.2) is 0 Å². The van der Waals surface area contributed by atoms with Crippen molar-refractivity contribution in [3.63, 3.8) is 0 Å². The molecule has 0 heterocycles. The molecule has 0 aliphatic carbocycles. The molecule has 8 nitrogen and oxygen atoms in total. The fraction of sp³-hybridized carbons (Fsp3) is 0. The number of halogens is 3. The summed E-state index contributed by atoms with van der Waals surface area (Å²) < 4.78 is 27.5. The first-order valence-corrected chi connectivity index (χ1v) is 11.7. The van der Waals surface area contributed by atoms with Gasteiger partial charge in [-0.25, -0.2) is 8.42 Å². The number of carbonyl (C=O) groups is 1. The number of anilines is 3. The minimum Gasteiger partial charge on any atom is -0.319 e. The second-order valence-corrected chi connectivity index (χ2v) is 9.22. The zero-order chi connectivity index (χ0) is 24.0. The summed E-state index contributed by atoms with van der Waals surface area (Å²) in [5, 5.41) is 16.1. The molecule has 0 aliphatic heterocycles. The van der Waals surface area contributed by atoms with Crippen LogP contribution in [0.1, 0.15) is 0 Å². The molecule has 3 aromatic rings. The summed E-state index contributed by atoms with van der Waals surface area (Å²) >= 11 is 17.9. The summed E-state index contributed by atoms with van der Waals surface area (Å²) in [5.74, 6) is -0.808. The average Bonchev–Trinajstić information content (AvgIpc) is 2.79. The van der Waals surface area contributed by atoms with Crippen molar-refractivity contribution in [2.45, 2.75) is 4.90 Å². The molecule has 0 aromatic heterocycles. The van der Waals surface area contributed by atoms with Gasteiger partial charge in [-0.2, -0.15) is 10.4 Å². The number of nitrogens with zero attached hydrogens (tertiary/aromatic N) is 2. The summed E-state index contributed by atoms with van der Waals surface area (Å²) in [5.41, 5.74) is 2.86. The van der Waals surface area contributed by atoms with E-state index in [9.17, 15) is 18.5 Å². The number of benzene rings is 3. The molecule has 0 fully saturated rings. The van der Waals surface area contributed by atoms with E-state index in [4.69, 9.17) is 34.8 Å². The van der Waals surface area contributed by atoms with E-state index < -0.39 is 21.6 Å². The second kappa shape index (κ2) is 10.6. The van der Waals surface area contributed by atoms with Crippen LogP contribution in [0.3, 0.4) is 0 Å². The summed E-state index contributed by atoms with van der Waals surface area (Å²) in [6.45, 7) is 0. The summed E-state index contributed by atoms with van der Waals surface area (Å²) in [6, 6.07) is 18.3. The maximum Gasteiger partial charge on any atom is 0.287 e. The maximum absolute atomic E-state index is 12.6. The first-order chi connectivity index (χ1) is 15.7. The maximum atomic E-state index is 12.6. The van der Waals surface area contributed by atoms with Crippen molar-refractivity contribution in [2.75, 3.05) is 15.5 Å². The van der Waals surface area contributed by atoms with E-state index in [1.165, 1.54) is 36.4 Å². The lowest BCUT2D eigenvalue weighted by atomic mass is 10.3. The molecule has 1 amide bonds. The first-order valence-electron chi connectivity index (χ1n) is 9.08. The van der Waals surface area contributed by atoms with Crippen molar-refractivity contribution in [1.29, 1.82) is 5.26 Å². The molecule has 0 atom stereocenters. The van der Waals surface area contributed by atoms with Crippen LogP contribution in [0.5, 0.6) is 0 Å². The van der Waals surface area contributed by atoms with Crippen molar-refractivity contribution in [3.05, 3.63) is 81.8 Å². The van der Waals surface area contributed by atoms with Gasteiger partial charge in [0.05, 0.1) is 37.0 Å². The van der Waals surface area contributed by atoms with Gasteiger partial charge in [-0.1, -0.05) is 53.0 Å². The predicted molar refractivity (Wildman–Crippen MR) is 130 cm³/mol. The highest BCUT2D eigenvalue weighted by molar-refractivity contribution is 7.92. The predicted octanol–water partition coefficient (Wildman–Crippen LogP) is 5.38. The van der Waals surface area contributed by atoms with E-state index in [2.05, 4.69) is 20.6 Å². The average molecular weight is 523 g/mol. The van der Waals surface area contributed by atoms with Gasteiger partial charge in [-0.05, 0) is 48.5 Å². The van der Waals surface area contributed by atoms with Crippen LogP contribution < -0.4 is 15.5 Å². The molecule has 0 saturated carbocycles. The Hall–Kier alpha value is -3.29. The third-order valence-corrected chi connectivity index (χ3v) is 6.63. The Morgan fingerprint density at radius 1 is 0.879 bits per heavy atom. The van der Waals surface area contributed by atoms with Crippen molar-refractivity contribution in [2.24, 2.45) is 5.10 Å². The largest absolute Gasteiger partial charge is 0.319 e. The highest BCUT2D eigenvalue weighted by atomic mass is 35.5. The van der Waals surface area contributed by atoms with Gasteiger partial charge in [0.25, 0.3) is 15.9 Å². The SMILES string of the molecule is N#C/C(=N/Nc1ccc(S(=O)(=O)Nc2ccccc2Cl)cc1)C(=O)Nc1cccc(Cl)c1Cl. The Labute approximate surface area is 204 Å². The number of nitrogens with one attached hydrogen (secondary N) is 3. The Morgan fingerprint density at radius 2 is 1.52 bits per heavy atom. The molecule has 0 spiro atoms. The summed E-state index contributed by atoms with van der Waals surface area (Å²) in [6.07, 6.45) is 0. The zero-order valence-electron chi connectivity index (χ0n) is 16.5. The number of amides is 1. The molecule has 33 heavy (non-hydrogen) atoms. The molecular weight excluding hydrogens is 509 g/mol. The van der Waals surface area contributed by atoms with Crippen LogP contribution in [-0.2, 0) is 14.8 Å². The van der Waals surface area contributed by atoms with E-state index >= 15 is 0 Å². The van der Waals surface area contributed by atoms with Gasteiger partial charge in [0.2, 0.25) is 5.71 Å². The van der Waals surface area contributed by atoms with Crippen LogP contribution in [0, 0.1) is 11.3 Å². The van der Waals surface area contributed by atoms with E-state index in [0.717, 1.165) is 0 Å². The quantitative estimate of drug-likeness (QED) is 0.284. The van der Waals surface area contributed by atoms with Crippen LogP contribution in [0.4, 0.5) is 17.1 Å². The van der Waals surface area contributed by atoms with Gasteiger partial charge in [-0.3, -0.25) is 14.9 Å². The van der Waals surface area contributed by atoms with E-state index in [0.29, 0.717) is 5.69 Å². The molecule has 0 unspecified atom stereocenters. The topological polar surface area (TPSA) is 123 Å². The molecule has 3 aromatic carbocycles. The summed E-state index contributed by atoms with van der Waals surface area (Å²) in [7, 11) is -3.88. The van der Waals surface area contributed by atoms with E-state index in [1.54, 1.807) is 36.4 Å². The van der Waals surface area contributed by atoms with Crippen molar-refractivity contribution in [3.8, 4) is 6.07 Å². The number of nitriles is 1. The number of para-hydroxylation sites is 1. The second-order valence-electron chi connectivity index (χ2n) is 6.35. The Bertz CT molecular complexity index is 1370. The first kappa shape index (κ1) is 24.4. The molecule has 0 aliphatic rings.